The first-order valence-corrected chi connectivity index (χ1v) is 9.44. The molecule has 0 saturated heterocycles. The van der Waals surface area contributed by atoms with Crippen molar-refractivity contribution < 1.29 is 13.6 Å². The lowest BCUT2D eigenvalue weighted by atomic mass is 10.1. The number of amides is 1. The van der Waals surface area contributed by atoms with Crippen molar-refractivity contribution >= 4 is 34.1 Å². The van der Waals surface area contributed by atoms with Gasteiger partial charge in [-0.2, -0.15) is 8.78 Å². The number of rotatable bonds is 5. The van der Waals surface area contributed by atoms with Crippen LogP contribution in [-0.2, 0) is 0 Å². The number of hydrogen-bond acceptors (Lipinski definition) is 5. The van der Waals surface area contributed by atoms with Crippen LogP contribution >= 0.6 is 23.1 Å². The van der Waals surface area contributed by atoms with Crippen LogP contribution in [-0.4, -0.2) is 21.6 Å². The molecule has 26 heavy (non-hydrogen) atoms. The van der Waals surface area contributed by atoms with Crippen LogP contribution in [0.2, 0.25) is 0 Å². The fraction of sp³-hybridized carbons (Fsp3) is 0.167. The number of nitrogens with one attached hydrogen (secondary N) is 1. The van der Waals surface area contributed by atoms with Crippen LogP contribution in [0.3, 0.4) is 0 Å². The average molecular weight is 391 g/mol. The van der Waals surface area contributed by atoms with Crippen molar-refractivity contribution in [1.29, 1.82) is 0 Å². The summed E-state index contributed by atoms with van der Waals surface area (Å²) in [5, 5.41) is 4.90. The van der Waals surface area contributed by atoms with Crippen molar-refractivity contribution in [3.8, 4) is 11.3 Å². The predicted octanol–water partition coefficient (Wildman–Crippen LogP) is 5.39. The molecule has 134 valence electrons. The lowest BCUT2D eigenvalue weighted by Gasteiger charge is -2.06. The number of aryl methyl sites for hydroxylation is 2. The first-order chi connectivity index (χ1) is 12.4. The Bertz CT molecular complexity index is 944. The minimum absolute atomic E-state index is 0.00839. The predicted molar refractivity (Wildman–Crippen MR) is 101 cm³/mol. The highest BCUT2D eigenvalue weighted by Gasteiger charge is 2.18. The second-order valence-corrected chi connectivity index (χ2v) is 7.36. The van der Waals surface area contributed by atoms with Crippen molar-refractivity contribution in [2.75, 3.05) is 5.32 Å². The largest absolute Gasteiger partial charge is 0.298 e. The molecule has 0 radical (unpaired) electrons. The Hall–Kier alpha value is -2.32. The minimum Gasteiger partial charge on any atom is -0.298 e. The molecule has 8 heteroatoms. The van der Waals surface area contributed by atoms with E-state index in [0.29, 0.717) is 5.13 Å². The van der Waals surface area contributed by atoms with E-state index in [0.717, 1.165) is 16.8 Å². The highest BCUT2D eigenvalue weighted by molar-refractivity contribution is 7.99. The number of thioether (sulfide) groups is 1. The van der Waals surface area contributed by atoms with Gasteiger partial charge in [0.25, 0.3) is 11.7 Å². The van der Waals surface area contributed by atoms with Gasteiger partial charge in [0, 0.05) is 17.1 Å². The van der Waals surface area contributed by atoms with Gasteiger partial charge in [-0.1, -0.05) is 12.1 Å². The van der Waals surface area contributed by atoms with E-state index in [-0.39, 0.29) is 22.4 Å². The van der Waals surface area contributed by atoms with Gasteiger partial charge in [-0.3, -0.25) is 10.1 Å². The number of aromatic nitrogens is 2. The van der Waals surface area contributed by atoms with Gasteiger partial charge in [-0.15, -0.1) is 11.3 Å². The maximum atomic E-state index is 12.6. The van der Waals surface area contributed by atoms with Gasteiger partial charge in [0.05, 0.1) is 11.3 Å². The lowest BCUT2D eigenvalue weighted by molar-refractivity contribution is 0.102. The maximum Gasteiger partial charge on any atom is 0.290 e. The van der Waals surface area contributed by atoms with E-state index in [4.69, 9.17) is 0 Å². The van der Waals surface area contributed by atoms with Crippen LogP contribution in [0.25, 0.3) is 11.3 Å². The molecule has 0 fully saturated rings. The van der Waals surface area contributed by atoms with E-state index < -0.39 is 11.7 Å². The smallest absolute Gasteiger partial charge is 0.290 e. The van der Waals surface area contributed by atoms with Gasteiger partial charge in [0.15, 0.2) is 5.13 Å². The molecule has 0 aliphatic carbocycles. The zero-order valence-corrected chi connectivity index (χ0v) is 15.6. The van der Waals surface area contributed by atoms with Crippen LogP contribution in [0, 0.1) is 13.8 Å². The summed E-state index contributed by atoms with van der Waals surface area (Å²) in [5.74, 6) is -3.16. The minimum atomic E-state index is -2.65. The Morgan fingerprint density at radius 3 is 2.77 bits per heavy atom. The molecular formula is C18H15F2N3OS2. The van der Waals surface area contributed by atoms with Gasteiger partial charge in [-0.25, -0.2) is 9.97 Å². The Kier molecular flexibility index (Phi) is 5.63. The Morgan fingerprint density at radius 2 is 2.04 bits per heavy atom. The van der Waals surface area contributed by atoms with Gasteiger partial charge in [-0.05, 0) is 54.9 Å². The van der Waals surface area contributed by atoms with E-state index in [9.17, 15) is 13.6 Å². The average Bonchev–Trinajstić information content (AvgIpc) is 3.05. The number of alkyl halides is 2. The second-order valence-electron chi connectivity index (χ2n) is 5.53. The number of hydrogen-bond donors (Lipinski definition) is 1. The van der Waals surface area contributed by atoms with Crippen LogP contribution in [0.1, 0.15) is 21.5 Å². The Labute approximate surface area is 157 Å². The number of thiazole rings is 1. The highest BCUT2D eigenvalue weighted by Crippen LogP contribution is 2.29. The number of benzene rings is 1. The summed E-state index contributed by atoms with van der Waals surface area (Å²) in [6.45, 7) is 4.06. The highest BCUT2D eigenvalue weighted by atomic mass is 32.2. The number of pyridine rings is 1. The fourth-order valence-electron chi connectivity index (χ4n) is 2.27. The number of carbonyl (C=O) groups excluding carboxylic acids is 1. The SMILES string of the molecule is Cc1ccc(-c2csc(NC(=O)c3cccnc3SC(F)F)n2)cc1C. The van der Waals surface area contributed by atoms with E-state index >= 15 is 0 Å². The van der Waals surface area contributed by atoms with Gasteiger partial charge >= 0.3 is 0 Å². The van der Waals surface area contributed by atoms with Crippen molar-refractivity contribution in [3.63, 3.8) is 0 Å². The molecule has 0 atom stereocenters. The molecule has 0 bridgehead atoms. The Morgan fingerprint density at radius 1 is 1.23 bits per heavy atom. The van der Waals surface area contributed by atoms with E-state index in [1.807, 2.05) is 37.4 Å². The molecule has 1 aromatic carbocycles. The normalized spacial score (nSPS) is 11.0. The third-order valence-electron chi connectivity index (χ3n) is 3.74. The molecular weight excluding hydrogens is 376 g/mol. The summed E-state index contributed by atoms with van der Waals surface area (Å²) < 4.78 is 25.2. The van der Waals surface area contributed by atoms with Crippen molar-refractivity contribution in [3.05, 3.63) is 58.6 Å². The molecule has 1 N–H and O–H groups in total. The molecule has 0 spiro atoms. The third-order valence-corrected chi connectivity index (χ3v) is 5.23. The first kappa shape index (κ1) is 18.5. The van der Waals surface area contributed by atoms with Gasteiger partial charge in [0.1, 0.15) is 5.03 Å². The number of nitrogens with zero attached hydrogens (tertiary/aromatic N) is 2. The second kappa shape index (κ2) is 7.92. The van der Waals surface area contributed by atoms with Crippen LogP contribution in [0.15, 0.2) is 46.9 Å². The summed E-state index contributed by atoms with van der Waals surface area (Å²) >= 11 is 1.53. The van der Waals surface area contributed by atoms with Crippen LogP contribution in [0.5, 0.6) is 0 Å². The van der Waals surface area contributed by atoms with Gasteiger partial charge < -0.3 is 0 Å². The monoisotopic (exact) mass is 391 g/mol. The van der Waals surface area contributed by atoms with Crippen LogP contribution < -0.4 is 5.32 Å². The lowest BCUT2D eigenvalue weighted by Crippen LogP contribution is -2.13. The molecule has 0 aliphatic heterocycles. The summed E-state index contributed by atoms with van der Waals surface area (Å²) in [6, 6.07) is 9.03. The van der Waals surface area contributed by atoms with Gasteiger partial charge in [0.2, 0.25) is 0 Å². The third kappa shape index (κ3) is 4.25. The van der Waals surface area contributed by atoms with E-state index in [1.165, 1.54) is 35.2 Å². The summed E-state index contributed by atoms with van der Waals surface area (Å²) in [7, 11) is 0. The Balaban J connectivity index is 1.79. The first-order valence-electron chi connectivity index (χ1n) is 7.68. The molecule has 2 aromatic heterocycles. The molecule has 3 rings (SSSR count). The fourth-order valence-corrected chi connectivity index (χ4v) is 3.56. The van der Waals surface area contributed by atoms with Crippen LogP contribution in [0.4, 0.5) is 13.9 Å². The molecule has 4 nitrogen and oxygen atoms in total. The molecule has 1 amide bonds. The number of halogens is 2. The summed E-state index contributed by atoms with van der Waals surface area (Å²) in [6.07, 6.45) is 1.38. The summed E-state index contributed by atoms with van der Waals surface area (Å²) in [4.78, 5) is 20.7. The van der Waals surface area contributed by atoms with Crippen molar-refractivity contribution in [2.45, 2.75) is 24.6 Å². The number of carbonyl (C=O) groups is 1. The maximum absolute atomic E-state index is 12.6. The number of anilines is 1. The van der Waals surface area contributed by atoms with E-state index in [1.54, 1.807) is 0 Å². The molecule has 0 saturated carbocycles. The molecule has 0 aliphatic rings. The van der Waals surface area contributed by atoms with Crippen molar-refractivity contribution in [1.82, 2.24) is 9.97 Å². The zero-order valence-electron chi connectivity index (χ0n) is 14.0. The molecule has 0 unspecified atom stereocenters. The summed E-state index contributed by atoms with van der Waals surface area (Å²) in [5.41, 5.74) is 4.16. The zero-order chi connectivity index (χ0) is 18.7. The topological polar surface area (TPSA) is 54.9 Å². The standard InChI is InChI=1S/C18H15F2N3OS2/c1-10-5-6-12(8-11(10)2)14-9-25-18(22-14)23-15(24)13-4-3-7-21-16(13)26-17(19)20/h3-9,17H,1-2H3,(H,22,23,24). The van der Waals surface area contributed by atoms with E-state index in [2.05, 4.69) is 15.3 Å². The quantitative estimate of drug-likeness (QED) is 0.593. The van der Waals surface area contributed by atoms with Crippen molar-refractivity contribution in [2.24, 2.45) is 0 Å². The molecule has 2 heterocycles. The molecule has 3 aromatic rings.